The molecule has 1 saturated carbocycles. The second-order valence-corrected chi connectivity index (χ2v) is 7.84. The summed E-state index contributed by atoms with van der Waals surface area (Å²) in [5, 5.41) is 5.85. The quantitative estimate of drug-likeness (QED) is 0.532. The highest BCUT2D eigenvalue weighted by Crippen LogP contribution is 2.46. The molecule has 0 radical (unpaired) electrons. The van der Waals surface area contributed by atoms with Gasteiger partial charge < -0.3 is 15.4 Å². The van der Waals surface area contributed by atoms with E-state index in [1.165, 1.54) is 18.4 Å². The van der Waals surface area contributed by atoms with Gasteiger partial charge in [0.25, 0.3) is 0 Å². The van der Waals surface area contributed by atoms with Crippen LogP contribution in [0.2, 0.25) is 0 Å². The molecule has 2 aliphatic rings. The van der Waals surface area contributed by atoms with Gasteiger partial charge in [-0.15, -0.1) is 0 Å². The Morgan fingerprint density at radius 1 is 1.11 bits per heavy atom. The zero-order chi connectivity index (χ0) is 19.3. The van der Waals surface area contributed by atoms with E-state index in [4.69, 9.17) is 4.74 Å². The number of benzene rings is 1. The van der Waals surface area contributed by atoms with Gasteiger partial charge in [-0.05, 0) is 83.1 Å². The van der Waals surface area contributed by atoms with Gasteiger partial charge in [0.1, 0.15) is 11.2 Å². The summed E-state index contributed by atoms with van der Waals surface area (Å²) in [5.74, 6) is 0.407. The molecule has 2 amide bonds. The molecule has 1 fully saturated rings. The van der Waals surface area contributed by atoms with Crippen molar-refractivity contribution in [3.8, 4) is 5.75 Å². The first-order valence-corrected chi connectivity index (χ1v) is 10.0. The molecule has 0 bridgehead atoms. The summed E-state index contributed by atoms with van der Waals surface area (Å²) in [4.78, 5) is 25.2. The molecule has 0 saturated heterocycles. The van der Waals surface area contributed by atoms with Gasteiger partial charge in [-0.25, -0.2) is 0 Å². The van der Waals surface area contributed by atoms with Gasteiger partial charge in [0.15, 0.2) is 0 Å². The molecule has 0 spiro atoms. The van der Waals surface area contributed by atoms with Crippen LogP contribution in [0.5, 0.6) is 5.75 Å². The van der Waals surface area contributed by atoms with E-state index in [1.54, 1.807) is 12.1 Å². The van der Waals surface area contributed by atoms with Crippen LogP contribution in [-0.4, -0.2) is 24.5 Å². The Kier molecular flexibility index (Phi) is 6.19. The van der Waals surface area contributed by atoms with Crippen LogP contribution in [0, 0.1) is 5.41 Å². The van der Waals surface area contributed by atoms with Gasteiger partial charge in [0.2, 0.25) is 11.8 Å². The van der Waals surface area contributed by atoms with E-state index in [1.807, 2.05) is 26.0 Å². The van der Waals surface area contributed by atoms with Crippen molar-refractivity contribution in [3.63, 3.8) is 0 Å². The van der Waals surface area contributed by atoms with Crippen molar-refractivity contribution in [2.24, 2.45) is 5.41 Å². The molecule has 2 aliphatic carbocycles. The maximum atomic E-state index is 12.7. The highest BCUT2D eigenvalue weighted by molar-refractivity contribution is 6.13. The lowest BCUT2D eigenvalue weighted by Gasteiger charge is -2.17. The van der Waals surface area contributed by atoms with Crippen LogP contribution in [0.3, 0.4) is 0 Å². The largest absolute Gasteiger partial charge is 0.491 e. The molecule has 0 aromatic heterocycles. The lowest BCUT2D eigenvalue weighted by atomic mass is 9.97. The second-order valence-electron chi connectivity index (χ2n) is 7.84. The fraction of sp³-hybridized carbons (Fsp3) is 0.545. The van der Waals surface area contributed by atoms with Crippen molar-refractivity contribution in [3.05, 3.63) is 35.9 Å². The Labute approximate surface area is 161 Å². The number of allylic oxidation sites excluding steroid dienone is 1. The number of carbonyl (C=O) groups is 2. The highest BCUT2D eigenvalue weighted by Gasteiger charge is 2.56. The zero-order valence-corrected chi connectivity index (χ0v) is 16.3. The molecule has 0 unspecified atom stereocenters. The maximum absolute atomic E-state index is 12.7. The van der Waals surface area contributed by atoms with Gasteiger partial charge in [0, 0.05) is 12.2 Å². The van der Waals surface area contributed by atoms with Crippen molar-refractivity contribution in [2.75, 3.05) is 11.9 Å². The Balaban J connectivity index is 1.49. The predicted molar refractivity (Wildman–Crippen MR) is 107 cm³/mol. The highest BCUT2D eigenvalue weighted by atomic mass is 16.5. The number of hydrogen-bond acceptors (Lipinski definition) is 3. The van der Waals surface area contributed by atoms with E-state index in [9.17, 15) is 9.59 Å². The molecule has 146 valence electrons. The predicted octanol–water partition coefficient (Wildman–Crippen LogP) is 4.20. The summed E-state index contributed by atoms with van der Waals surface area (Å²) in [6.07, 6.45) is 9.31. The minimum absolute atomic E-state index is 0.105. The van der Waals surface area contributed by atoms with E-state index in [0.29, 0.717) is 25.1 Å². The normalized spacial score (nSPS) is 17.8. The molecular weight excluding hydrogens is 340 g/mol. The molecule has 0 atom stereocenters. The third kappa shape index (κ3) is 5.12. The second kappa shape index (κ2) is 8.59. The summed E-state index contributed by atoms with van der Waals surface area (Å²) in [7, 11) is 0. The Morgan fingerprint density at radius 3 is 2.44 bits per heavy atom. The van der Waals surface area contributed by atoms with E-state index in [-0.39, 0.29) is 17.9 Å². The van der Waals surface area contributed by atoms with Crippen molar-refractivity contribution in [1.82, 2.24) is 5.32 Å². The SMILES string of the molecule is CC(C)Oc1ccc(NC(=O)C2(C(=O)NCCC3=CCCCC3)CC2)cc1. The number of hydrogen-bond donors (Lipinski definition) is 2. The van der Waals surface area contributed by atoms with E-state index >= 15 is 0 Å². The minimum Gasteiger partial charge on any atom is -0.491 e. The number of amides is 2. The zero-order valence-electron chi connectivity index (χ0n) is 16.3. The summed E-state index contributed by atoms with van der Waals surface area (Å²) in [6, 6.07) is 7.26. The molecular formula is C22H30N2O3. The van der Waals surface area contributed by atoms with Crippen LogP contribution in [0.15, 0.2) is 35.9 Å². The van der Waals surface area contributed by atoms with Gasteiger partial charge in [-0.2, -0.15) is 0 Å². The third-order valence-corrected chi connectivity index (χ3v) is 5.22. The minimum atomic E-state index is -0.895. The first kappa shape index (κ1) is 19.5. The Bertz CT molecular complexity index is 703. The van der Waals surface area contributed by atoms with Crippen LogP contribution >= 0.6 is 0 Å². The molecule has 0 aliphatic heterocycles. The Hall–Kier alpha value is -2.30. The lowest BCUT2D eigenvalue weighted by molar-refractivity contribution is -0.134. The summed E-state index contributed by atoms with van der Waals surface area (Å²) in [6.45, 7) is 4.55. The summed E-state index contributed by atoms with van der Waals surface area (Å²) in [5.41, 5.74) is 1.22. The number of carbonyl (C=O) groups excluding carboxylic acids is 2. The lowest BCUT2D eigenvalue weighted by Crippen LogP contribution is -2.40. The monoisotopic (exact) mass is 370 g/mol. The average Bonchev–Trinajstić information content (AvgIpc) is 3.46. The van der Waals surface area contributed by atoms with Gasteiger partial charge >= 0.3 is 0 Å². The van der Waals surface area contributed by atoms with Crippen molar-refractivity contribution in [2.45, 2.75) is 64.9 Å². The standard InChI is InChI=1S/C22H30N2O3/c1-16(2)27-19-10-8-18(9-11-19)24-21(26)22(13-14-22)20(25)23-15-12-17-6-4-3-5-7-17/h6,8-11,16H,3-5,7,12-15H2,1-2H3,(H,23,25)(H,24,26). The molecule has 3 rings (SSSR count). The fourth-order valence-corrected chi connectivity index (χ4v) is 3.46. The smallest absolute Gasteiger partial charge is 0.240 e. The molecule has 1 aromatic rings. The van der Waals surface area contributed by atoms with Crippen molar-refractivity contribution in [1.29, 1.82) is 0 Å². The van der Waals surface area contributed by atoms with E-state index in [2.05, 4.69) is 16.7 Å². The number of ether oxygens (including phenoxy) is 1. The van der Waals surface area contributed by atoms with Crippen LogP contribution in [-0.2, 0) is 9.59 Å². The molecule has 27 heavy (non-hydrogen) atoms. The average molecular weight is 370 g/mol. The fourth-order valence-electron chi connectivity index (χ4n) is 3.46. The summed E-state index contributed by atoms with van der Waals surface area (Å²) >= 11 is 0. The van der Waals surface area contributed by atoms with E-state index < -0.39 is 5.41 Å². The molecule has 0 heterocycles. The van der Waals surface area contributed by atoms with Gasteiger partial charge in [-0.3, -0.25) is 9.59 Å². The van der Waals surface area contributed by atoms with Crippen LogP contribution in [0.4, 0.5) is 5.69 Å². The first-order chi connectivity index (χ1) is 13.0. The first-order valence-electron chi connectivity index (χ1n) is 10.0. The van der Waals surface area contributed by atoms with Crippen molar-refractivity contribution >= 4 is 17.5 Å². The molecule has 5 nitrogen and oxygen atoms in total. The Morgan fingerprint density at radius 2 is 1.85 bits per heavy atom. The topological polar surface area (TPSA) is 67.4 Å². The molecule has 2 N–H and O–H groups in total. The van der Waals surface area contributed by atoms with Gasteiger partial charge in [0.05, 0.1) is 6.10 Å². The van der Waals surface area contributed by atoms with Crippen LogP contribution in [0.1, 0.15) is 58.8 Å². The maximum Gasteiger partial charge on any atom is 0.240 e. The van der Waals surface area contributed by atoms with Crippen molar-refractivity contribution < 1.29 is 14.3 Å². The summed E-state index contributed by atoms with van der Waals surface area (Å²) < 4.78 is 5.60. The van der Waals surface area contributed by atoms with Gasteiger partial charge in [-0.1, -0.05) is 11.6 Å². The van der Waals surface area contributed by atoms with Crippen LogP contribution in [0.25, 0.3) is 0 Å². The number of anilines is 1. The van der Waals surface area contributed by atoms with E-state index in [0.717, 1.165) is 25.0 Å². The molecule has 5 heteroatoms. The van der Waals surface area contributed by atoms with Crippen LogP contribution < -0.4 is 15.4 Å². The molecule has 1 aromatic carbocycles. The third-order valence-electron chi connectivity index (χ3n) is 5.22. The number of rotatable bonds is 8. The number of nitrogens with one attached hydrogen (secondary N) is 2.